The number of nitrogens with zero attached hydrogens (tertiary/aromatic N) is 1. The molecule has 3 rings (SSSR count). The van der Waals surface area contributed by atoms with Crippen molar-refractivity contribution in [1.29, 1.82) is 0 Å². The number of ether oxygens (including phenoxy) is 1. The number of halogens is 1. The Morgan fingerprint density at radius 3 is 2.48 bits per heavy atom. The Morgan fingerprint density at radius 2 is 1.86 bits per heavy atom. The molecule has 0 aromatic heterocycles. The van der Waals surface area contributed by atoms with Crippen molar-refractivity contribution in [2.24, 2.45) is 0 Å². The summed E-state index contributed by atoms with van der Waals surface area (Å²) in [5.41, 5.74) is 2.25. The van der Waals surface area contributed by atoms with Gasteiger partial charge in [-0.1, -0.05) is 31.5 Å². The lowest BCUT2D eigenvalue weighted by molar-refractivity contribution is -0.122. The number of rotatable bonds is 5. The van der Waals surface area contributed by atoms with Crippen molar-refractivity contribution in [3.05, 3.63) is 64.2 Å². The lowest BCUT2D eigenvalue weighted by Crippen LogP contribution is -2.54. The summed E-state index contributed by atoms with van der Waals surface area (Å²) >= 11 is 11.2. The SMILES string of the molecule is CCOc1ccc(C(C)C)cc1C=C1C(=O)NC(=S)N(c2ccc(Cl)cc2)C1=O. The summed E-state index contributed by atoms with van der Waals surface area (Å²) in [6.07, 6.45) is 1.55. The molecule has 2 aromatic carbocycles. The lowest BCUT2D eigenvalue weighted by atomic mass is 9.98. The van der Waals surface area contributed by atoms with E-state index in [2.05, 4.69) is 19.2 Å². The van der Waals surface area contributed by atoms with Crippen LogP contribution in [-0.2, 0) is 9.59 Å². The molecule has 29 heavy (non-hydrogen) atoms. The maximum absolute atomic E-state index is 13.2. The van der Waals surface area contributed by atoms with Crippen molar-refractivity contribution >= 4 is 52.5 Å². The average Bonchev–Trinajstić information content (AvgIpc) is 2.67. The second kappa shape index (κ2) is 8.76. The predicted octanol–water partition coefficient (Wildman–Crippen LogP) is 4.69. The zero-order valence-electron chi connectivity index (χ0n) is 16.4. The van der Waals surface area contributed by atoms with E-state index >= 15 is 0 Å². The summed E-state index contributed by atoms with van der Waals surface area (Å²) in [5.74, 6) is -0.144. The molecule has 0 unspecified atom stereocenters. The highest BCUT2D eigenvalue weighted by Gasteiger charge is 2.34. The van der Waals surface area contributed by atoms with Crippen molar-refractivity contribution in [2.45, 2.75) is 26.7 Å². The normalized spacial score (nSPS) is 15.8. The molecule has 1 aliphatic rings. The van der Waals surface area contributed by atoms with Crippen LogP contribution in [0.2, 0.25) is 5.02 Å². The van der Waals surface area contributed by atoms with Crippen LogP contribution in [0, 0.1) is 0 Å². The molecule has 2 amide bonds. The average molecular weight is 429 g/mol. The van der Waals surface area contributed by atoms with Crippen molar-refractivity contribution in [1.82, 2.24) is 5.32 Å². The molecule has 150 valence electrons. The third-order valence-corrected chi connectivity index (χ3v) is 5.02. The predicted molar refractivity (Wildman–Crippen MR) is 119 cm³/mol. The van der Waals surface area contributed by atoms with E-state index < -0.39 is 11.8 Å². The summed E-state index contributed by atoms with van der Waals surface area (Å²) in [6, 6.07) is 12.4. The molecule has 0 bridgehead atoms. The smallest absolute Gasteiger partial charge is 0.270 e. The van der Waals surface area contributed by atoms with Crippen molar-refractivity contribution < 1.29 is 14.3 Å². The summed E-state index contributed by atoms with van der Waals surface area (Å²) in [6.45, 7) is 6.50. The van der Waals surface area contributed by atoms with E-state index in [0.717, 1.165) is 5.56 Å². The number of carbonyl (C=O) groups excluding carboxylic acids is 2. The van der Waals surface area contributed by atoms with E-state index in [1.165, 1.54) is 4.90 Å². The Hall–Kier alpha value is -2.70. The number of thiocarbonyl (C=S) groups is 1. The molecule has 1 saturated heterocycles. The standard InChI is InChI=1S/C22H21ClN2O3S/c1-4-28-19-10-5-14(13(2)3)11-15(19)12-18-20(26)24-22(29)25(21(18)27)17-8-6-16(23)7-9-17/h5-13H,4H2,1-3H3,(H,24,26,29). The molecule has 0 aliphatic carbocycles. The number of hydrogen-bond acceptors (Lipinski definition) is 4. The van der Waals surface area contributed by atoms with Crippen LogP contribution in [0.5, 0.6) is 5.75 Å². The van der Waals surface area contributed by atoms with Gasteiger partial charge in [-0.05, 0) is 73.1 Å². The Kier molecular flexibility index (Phi) is 6.35. The van der Waals surface area contributed by atoms with Gasteiger partial charge in [-0.3, -0.25) is 19.8 Å². The van der Waals surface area contributed by atoms with Crippen LogP contribution >= 0.6 is 23.8 Å². The zero-order chi connectivity index (χ0) is 21.1. The summed E-state index contributed by atoms with van der Waals surface area (Å²) in [4.78, 5) is 27.0. The highest BCUT2D eigenvalue weighted by atomic mass is 35.5. The maximum Gasteiger partial charge on any atom is 0.270 e. The summed E-state index contributed by atoms with van der Waals surface area (Å²) in [5, 5.41) is 3.15. The monoisotopic (exact) mass is 428 g/mol. The molecule has 0 saturated carbocycles. The molecule has 0 radical (unpaired) electrons. The van der Waals surface area contributed by atoms with Crippen LogP contribution < -0.4 is 15.0 Å². The van der Waals surface area contributed by atoms with Crippen LogP contribution in [0.4, 0.5) is 5.69 Å². The number of amides is 2. The molecular weight excluding hydrogens is 408 g/mol. The van der Waals surface area contributed by atoms with Gasteiger partial charge in [-0.25, -0.2) is 0 Å². The highest BCUT2D eigenvalue weighted by Crippen LogP contribution is 2.29. The minimum Gasteiger partial charge on any atom is -0.493 e. The van der Waals surface area contributed by atoms with Crippen LogP contribution in [0.25, 0.3) is 6.08 Å². The Labute approximate surface area is 180 Å². The van der Waals surface area contributed by atoms with Crippen LogP contribution in [0.1, 0.15) is 37.8 Å². The Bertz CT molecular complexity index is 1000. The number of nitrogens with one attached hydrogen (secondary N) is 1. The van der Waals surface area contributed by atoms with Gasteiger partial charge in [-0.15, -0.1) is 0 Å². The van der Waals surface area contributed by atoms with Gasteiger partial charge in [0.15, 0.2) is 5.11 Å². The second-order valence-corrected chi connectivity index (χ2v) is 7.64. The third kappa shape index (κ3) is 4.49. The molecule has 1 fully saturated rings. The quantitative estimate of drug-likeness (QED) is 0.426. The molecule has 5 nitrogen and oxygen atoms in total. The van der Waals surface area contributed by atoms with Crippen LogP contribution in [0.15, 0.2) is 48.0 Å². The van der Waals surface area contributed by atoms with Gasteiger partial charge in [-0.2, -0.15) is 0 Å². The van der Waals surface area contributed by atoms with Crippen LogP contribution in [-0.4, -0.2) is 23.5 Å². The number of hydrogen-bond donors (Lipinski definition) is 1. The third-order valence-electron chi connectivity index (χ3n) is 4.49. The summed E-state index contributed by atoms with van der Waals surface area (Å²) < 4.78 is 5.69. The van der Waals surface area contributed by atoms with Gasteiger partial charge in [0.05, 0.1) is 12.3 Å². The number of benzene rings is 2. The van der Waals surface area contributed by atoms with Gasteiger partial charge in [0, 0.05) is 10.6 Å². The van der Waals surface area contributed by atoms with Gasteiger partial charge in [0.2, 0.25) is 0 Å². The molecule has 7 heteroatoms. The first-order valence-electron chi connectivity index (χ1n) is 9.25. The van der Waals surface area contributed by atoms with E-state index in [1.54, 1.807) is 30.3 Å². The van der Waals surface area contributed by atoms with Gasteiger partial charge in [0.25, 0.3) is 11.8 Å². The number of carbonyl (C=O) groups is 2. The minimum atomic E-state index is -0.539. The fourth-order valence-electron chi connectivity index (χ4n) is 2.96. The van der Waals surface area contributed by atoms with Crippen molar-refractivity contribution in [3.63, 3.8) is 0 Å². The number of anilines is 1. The highest BCUT2D eigenvalue weighted by molar-refractivity contribution is 7.80. The minimum absolute atomic E-state index is 0.0181. The van der Waals surface area contributed by atoms with E-state index in [-0.39, 0.29) is 16.6 Å². The molecule has 0 atom stereocenters. The molecule has 2 aromatic rings. The molecule has 1 aliphatic heterocycles. The van der Waals surface area contributed by atoms with Crippen molar-refractivity contribution in [2.75, 3.05) is 11.5 Å². The lowest BCUT2D eigenvalue weighted by Gasteiger charge is -2.29. The first-order chi connectivity index (χ1) is 13.8. The topological polar surface area (TPSA) is 58.6 Å². The van der Waals surface area contributed by atoms with E-state index in [9.17, 15) is 9.59 Å². The maximum atomic E-state index is 13.2. The largest absolute Gasteiger partial charge is 0.493 e. The fraction of sp³-hybridized carbons (Fsp3) is 0.227. The second-order valence-electron chi connectivity index (χ2n) is 6.82. The van der Waals surface area contributed by atoms with Crippen LogP contribution in [0.3, 0.4) is 0 Å². The van der Waals surface area contributed by atoms with E-state index in [0.29, 0.717) is 28.6 Å². The zero-order valence-corrected chi connectivity index (χ0v) is 17.9. The first kappa shape index (κ1) is 21.0. The fourth-order valence-corrected chi connectivity index (χ4v) is 3.37. The molecular formula is C22H21ClN2O3S. The van der Waals surface area contributed by atoms with E-state index in [4.69, 9.17) is 28.6 Å². The van der Waals surface area contributed by atoms with Gasteiger partial charge < -0.3 is 4.74 Å². The Balaban J connectivity index is 2.06. The van der Waals surface area contributed by atoms with Gasteiger partial charge >= 0.3 is 0 Å². The van der Waals surface area contributed by atoms with Crippen molar-refractivity contribution in [3.8, 4) is 5.75 Å². The molecule has 1 heterocycles. The first-order valence-corrected chi connectivity index (χ1v) is 10.0. The van der Waals surface area contributed by atoms with Gasteiger partial charge in [0.1, 0.15) is 11.3 Å². The molecule has 0 spiro atoms. The van der Waals surface area contributed by atoms with E-state index in [1.807, 2.05) is 25.1 Å². The Morgan fingerprint density at radius 1 is 1.17 bits per heavy atom. The molecule has 1 N–H and O–H groups in total. The summed E-state index contributed by atoms with van der Waals surface area (Å²) in [7, 11) is 0.